The number of hydrogen-bond donors (Lipinski definition) is 3. The number of amides is 5. The largest absolute Gasteiger partial charge is 0.352 e. The molecule has 0 unspecified atom stereocenters. The molecule has 3 rings (SSSR count). The maximum Gasteiger partial charge on any atom is 0.325 e. The lowest BCUT2D eigenvalue weighted by atomic mass is 9.98. The third-order valence-corrected chi connectivity index (χ3v) is 5.43. The predicted octanol–water partition coefficient (Wildman–Crippen LogP) is 2.41. The van der Waals surface area contributed by atoms with Crippen LogP contribution in [0.3, 0.4) is 0 Å². The van der Waals surface area contributed by atoms with Gasteiger partial charge in [-0.3, -0.25) is 19.3 Å². The molecule has 156 valence electrons. The standard InChI is InChI=1S/C21H28N4O4/c1-2-12-22-18(27)15-7-5-8-16(14-15)23-17(26)9-6-13-25-19(28)21(24-20(25)29)10-3-4-11-21/h5,7-8,14H,2-4,6,9-13H2,1H3,(H,22,27)(H,23,26)(H,24,29). The van der Waals surface area contributed by atoms with E-state index in [1.807, 2.05) is 6.92 Å². The van der Waals surface area contributed by atoms with Crippen LogP contribution in [0.1, 0.15) is 62.2 Å². The van der Waals surface area contributed by atoms with E-state index in [0.29, 0.717) is 37.1 Å². The van der Waals surface area contributed by atoms with Crippen molar-refractivity contribution in [1.82, 2.24) is 15.5 Å². The molecule has 8 heteroatoms. The summed E-state index contributed by atoms with van der Waals surface area (Å²) < 4.78 is 0. The summed E-state index contributed by atoms with van der Waals surface area (Å²) in [5.74, 6) is -0.563. The minimum Gasteiger partial charge on any atom is -0.352 e. The monoisotopic (exact) mass is 400 g/mol. The van der Waals surface area contributed by atoms with Gasteiger partial charge in [-0.15, -0.1) is 0 Å². The Labute approximate surface area is 170 Å². The minimum atomic E-state index is -0.710. The van der Waals surface area contributed by atoms with Crippen molar-refractivity contribution in [2.24, 2.45) is 0 Å². The summed E-state index contributed by atoms with van der Waals surface area (Å²) in [5, 5.41) is 8.40. The Hall–Kier alpha value is -2.90. The van der Waals surface area contributed by atoms with Gasteiger partial charge in [-0.25, -0.2) is 4.79 Å². The molecule has 3 N–H and O–H groups in total. The van der Waals surface area contributed by atoms with E-state index >= 15 is 0 Å². The summed E-state index contributed by atoms with van der Waals surface area (Å²) >= 11 is 0. The highest BCUT2D eigenvalue weighted by Crippen LogP contribution is 2.35. The van der Waals surface area contributed by atoms with Crippen molar-refractivity contribution in [1.29, 1.82) is 0 Å². The van der Waals surface area contributed by atoms with Gasteiger partial charge in [-0.2, -0.15) is 0 Å². The summed E-state index contributed by atoms with van der Waals surface area (Å²) in [4.78, 5) is 50.2. The number of carbonyl (C=O) groups excluding carboxylic acids is 4. The van der Waals surface area contributed by atoms with Crippen LogP contribution in [0.5, 0.6) is 0 Å². The lowest BCUT2D eigenvalue weighted by Gasteiger charge is -2.19. The molecule has 0 atom stereocenters. The summed E-state index contributed by atoms with van der Waals surface area (Å²) in [7, 11) is 0. The van der Waals surface area contributed by atoms with Crippen LogP contribution in [0.4, 0.5) is 10.5 Å². The van der Waals surface area contributed by atoms with E-state index < -0.39 is 5.54 Å². The van der Waals surface area contributed by atoms with Gasteiger partial charge in [0.15, 0.2) is 0 Å². The molecule has 1 heterocycles. The molecule has 1 aromatic rings. The van der Waals surface area contributed by atoms with Crippen LogP contribution in [0.25, 0.3) is 0 Å². The van der Waals surface area contributed by atoms with Gasteiger partial charge in [0, 0.05) is 30.8 Å². The zero-order valence-corrected chi connectivity index (χ0v) is 16.8. The van der Waals surface area contributed by atoms with E-state index in [1.165, 1.54) is 4.90 Å². The number of hydrogen-bond acceptors (Lipinski definition) is 4. The molecule has 0 aromatic heterocycles. The highest BCUT2D eigenvalue weighted by atomic mass is 16.2. The third kappa shape index (κ3) is 4.75. The molecule has 0 radical (unpaired) electrons. The number of rotatable bonds is 8. The van der Waals surface area contributed by atoms with E-state index in [9.17, 15) is 19.2 Å². The average Bonchev–Trinajstić information content (AvgIpc) is 3.26. The number of urea groups is 1. The minimum absolute atomic E-state index is 0.161. The number of nitrogens with zero attached hydrogens (tertiary/aromatic N) is 1. The second kappa shape index (κ2) is 9.07. The van der Waals surface area contributed by atoms with Crippen LogP contribution < -0.4 is 16.0 Å². The fraction of sp³-hybridized carbons (Fsp3) is 0.524. The molecular formula is C21H28N4O4. The summed E-state index contributed by atoms with van der Waals surface area (Å²) in [5.41, 5.74) is 0.314. The first-order chi connectivity index (χ1) is 13.9. The molecule has 1 aromatic carbocycles. The predicted molar refractivity (Wildman–Crippen MR) is 108 cm³/mol. The number of nitrogens with one attached hydrogen (secondary N) is 3. The molecule has 8 nitrogen and oxygen atoms in total. The Kier molecular flexibility index (Phi) is 6.51. The van der Waals surface area contributed by atoms with Gasteiger partial charge < -0.3 is 16.0 Å². The van der Waals surface area contributed by atoms with Crippen molar-refractivity contribution in [2.45, 2.75) is 57.4 Å². The number of imide groups is 1. The Morgan fingerprint density at radius 2 is 1.97 bits per heavy atom. The molecule has 2 aliphatic rings. The average molecular weight is 400 g/mol. The lowest BCUT2D eigenvalue weighted by molar-refractivity contribution is -0.131. The maximum atomic E-state index is 12.6. The van der Waals surface area contributed by atoms with Crippen LogP contribution in [0.2, 0.25) is 0 Å². The number of anilines is 1. The van der Waals surface area contributed by atoms with Crippen molar-refractivity contribution in [3.63, 3.8) is 0 Å². The molecule has 2 fully saturated rings. The molecule has 1 spiro atoms. The molecule has 5 amide bonds. The van der Waals surface area contributed by atoms with Crippen molar-refractivity contribution in [3.8, 4) is 0 Å². The van der Waals surface area contributed by atoms with Gasteiger partial charge in [0.05, 0.1) is 0 Å². The molecule has 0 bridgehead atoms. The van der Waals surface area contributed by atoms with E-state index in [-0.39, 0.29) is 36.7 Å². The summed E-state index contributed by atoms with van der Waals surface area (Å²) in [6.07, 6.45) is 4.68. The van der Waals surface area contributed by atoms with Crippen LogP contribution in [-0.4, -0.2) is 47.3 Å². The zero-order valence-electron chi connectivity index (χ0n) is 16.8. The fourth-order valence-corrected chi connectivity index (χ4v) is 3.90. The van der Waals surface area contributed by atoms with Crippen LogP contribution in [0.15, 0.2) is 24.3 Å². The van der Waals surface area contributed by atoms with Crippen molar-refractivity contribution < 1.29 is 19.2 Å². The van der Waals surface area contributed by atoms with Gasteiger partial charge >= 0.3 is 6.03 Å². The van der Waals surface area contributed by atoms with E-state index in [2.05, 4.69) is 16.0 Å². The molecule has 1 aliphatic carbocycles. The molecule has 1 saturated heterocycles. The van der Waals surface area contributed by atoms with Crippen LogP contribution in [0, 0.1) is 0 Å². The SMILES string of the molecule is CCCNC(=O)c1cccc(NC(=O)CCCN2C(=O)NC3(CCCC3)C2=O)c1. The van der Waals surface area contributed by atoms with Crippen molar-refractivity contribution in [3.05, 3.63) is 29.8 Å². The maximum absolute atomic E-state index is 12.6. The highest BCUT2D eigenvalue weighted by molar-refractivity contribution is 6.07. The first-order valence-corrected chi connectivity index (χ1v) is 10.3. The van der Waals surface area contributed by atoms with Crippen molar-refractivity contribution >= 4 is 29.4 Å². The smallest absolute Gasteiger partial charge is 0.325 e. The van der Waals surface area contributed by atoms with Gasteiger partial charge in [-0.1, -0.05) is 25.8 Å². The van der Waals surface area contributed by atoms with Gasteiger partial charge in [0.1, 0.15) is 5.54 Å². The molecule has 29 heavy (non-hydrogen) atoms. The second-order valence-corrected chi connectivity index (χ2v) is 7.66. The van der Waals surface area contributed by atoms with Crippen molar-refractivity contribution in [2.75, 3.05) is 18.4 Å². The molecule has 1 aliphatic heterocycles. The van der Waals surface area contributed by atoms with Gasteiger partial charge in [-0.05, 0) is 43.9 Å². The van der Waals surface area contributed by atoms with Gasteiger partial charge in [0.25, 0.3) is 11.8 Å². The summed E-state index contributed by atoms with van der Waals surface area (Å²) in [6, 6.07) is 6.39. The Morgan fingerprint density at radius 1 is 1.21 bits per heavy atom. The van der Waals surface area contributed by atoms with Crippen LogP contribution in [-0.2, 0) is 9.59 Å². The second-order valence-electron chi connectivity index (χ2n) is 7.66. The lowest BCUT2D eigenvalue weighted by Crippen LogP contribution is -2.44. The van der Waals surface area contributed by atoms with Gasteiger partial charge in [0.2, 0.25) is 5.91 Å². The quantitative estimate of drug-likeness (QED) is 0.582. The van der Waals surface area contributed by atoms with E-state index in [0.717, 1.165) is 19.3 Å². The number of carbonyl (C=O) groups is 4. The first-order valence-electron chi connectivity index (χ1n) is 10.3. The summed E-state index contributed by atoms with van der Waals surface area (Å²) in [6.45, 7) is 2.79. The molecular weight excluding hydrogens is 372 g/mol. The topological polar surface area (TPSA) is 108 Å². The normalized spacial score (nSPS) is 17.5. The highest BCUT2D eigenvalue weighted by Gasteiger charge is 2.51. The fourth-order valence-electron chi connectivity index (χ4n) is 3.90. The third-order valence-electron chi connectivity index (χ3n) is 5.43. The number of benzene rings is 1. The first kappa shape index (κ1) is 20.8. The Balaban J connectivity index is 1.47. The Morgan fingerprint density at radius 3 is 2.69 bits per heavy atom. The van der Waals surface area contributed by atoms with Crippen LogP contribution >= 0.6 is 0 Å². The van der Waals surface area contributed by atoms with E-state index in [1.54, 1.807) is 24.3 Å². The zero-order chi connectivity index (χ0) is 20.9. The van der Waals surface area contributed by atoms with E-state index in [4.69, 9.17) is 0 Å². The molecule has 1 saturated carbocycles. The Bertz CT molecular complexity index is 802.